The molecule has 0 atom stereocenters. The van der Waals surface area contributed by atoms with E-state index in [1.807, 2.05) is 0 Å². The number of pyridine rings is 1. The van der Waals surface area contributed by atoms with E-state index in [1.54, 1.807) is 48.7 Å². The molecule has 7 nitrogen and oxygen atoms in total. The average Bonchev–Trinajstić information content (AvgIpc) is 2.78. The second kappa shape index (κ2) is 9.87. The number of anilines is 2. The molecule has 0 saturated carbocycles. The van der Waals surface area contributed by atoms with Crippen LogP contribution in [0.4, 0.5) is 15.9 Å². The van der Waals surface area contributed by atoms with Gasteiger partial charge in [-0.3, -0.25) is 9.59 Å². The number of amides is 2. The van der Waals surface area contributed by atoms with Crippen LogP contribution in [-0.2, 0) is 0 Å². The van der Waals surface area contributed by atoms with Crippen LogP contribution in [0.1, 0.15) is 39.1 Å². The molecule has 0 spiro atoms. The lowest BCUT2D eigenvalue weighted by Crippen LogP contribution is -2.40. The summed E-state index contributed by atoms with van der Waals surface area (Å²) in [6, 6.07) is 14.7. The van der Waals surface area contributed by atoms with Crippen molar-refractivity contribution in [2.45, 2.75) is 12.8 Å². The van der Waals surface area contributed by atoms with Crippen LogP contribution in [0.15, 0.2) is 71.0 Å². The number of rotatable bonds is 6. The van der Waals surface area contributed by atoms with Crippen LogP contribution in [0.3, 0.4) is 0 Å². The second-order valence-electron chi connectivity index (χ2n) is 8.35. The molecule has 2 aromatic carbocycles. The topological polar surface area (TPSA) is 86.4 Å². The summed E-state index contributed by atoms with van der Waals surface area (Å²) >= 11 is 3.30. The molecule has 0 unspecified atom stereocenters. The molecule has 0 bridgehead atoms. The molecule has 3 N–H and O–H groups in total. The third-order valence-electron chi connectivity index (χ3n) is 6.05. The van der Waals surface area contributed by atoms with Gasteiger partial charge in [0.15, 0.2) is 0 Å². The molecule has 3 heterocycles. The smallest absolute Gasteiger partial charge is 0.258 e. The number of hydrogen-bond acceptors (Lipinski definition) is 5. The van der Waals surface area contributed by atoms with Gasteiger partial charge in [-0.05, 0) is 58.7 Å². The van der Waals surface area contributed by atoms with Crippen LogP contribution in [0.5, 0.6) is 0 Å². The van der Waals surface area contributed by atoms with E-state index in [-0.39, 0.29) is 16.8 Å². The maximum absolute atomic E-state index is 15.1. The van der Waals surface area contributed by atoms with Gasteiger partial charge in [0.2, 0.25) is 0 Å². The number of likely N-dealkylation sites (tertiary alicyclic amines) is 1. The lowest BCUT2D eigenvalue weighted by Gasteiger charge is -2.39. The first-order valence-electron chi connectivity index (χ1n) is 11.3. The van der Waals surface area contributed by atoms with E-state index in [0.29, 0.717) is 5.82 Å². The van der Waals surface area contributed by atoms with Crippen molar-refractivity contribution < 1.29 is 14.0 Å². The summed E-state index contributed by atoms with van der Waals surface area (Å²) in [6.07, 6.45) is 3.62. The third kappa shape index (κ3) is 4.90. The maximum Gasteiger partial charge on any atom is 0.258 e. The fraction of sp³-hybridized carbons (Fsp3) is 0.192. The van der Waals surface area contributed by atoms with Gasteiger partial charge in [-0.1, -0.05) is 18.2 Å². The highest BCUT2D eigenvalue weighted by molar-refractivity contribution is 9.10. The minimum Gasteiger partial charge on any atom is -0.386 e. The lowest BCUT2D eigenvalue weighted by atomic mass is 9.99. The number of para-hydroxylation sites is 1. The Hall–Kier alpha value is -3.72. The average molecular weight is 536 g/mol. The summed E-state index contributed by atoms with van der Waals surface area (Å²) in [5.74, 6) is -1.31. The molecule has 2 saturated heterocycles. The fourth-order valence-corrected chi connectivity index (χ4v) is 4.23. The van der Waals surface area contributed by atoms with Crippen LogP contribution in [0.2, 0.25) is 0 Å². The van der Waals surface area contributed by atoms with E-state index >= 15 is 4.39 Å². The highest BCUT2D eigenvalue weighted by atomic mass is 79.9. The number of carbonyl (C=O) groups excluding carboxylic acids is 2. The largest absolute Gasteiger partial charge is 0.386 e. The molecule has 2 amide bonds. The van der Waals surface area contributed by atoms with E-state index in [9.17, 15) is 9.59 Å². The molecule has 9 heteroatoms. The minimum atomic E-state index is -0.629. The van der Waals surface area contributed by atoms with Gasteiger partial charge in [0, 0.05) is 48.0 Å². The van der Waals surface area contributed by atoms with Crippen molar-refractivity contribution in [1.29, 1.82) is 0 Å². The first-order chi connectivity index (χ1) is 17.0. The molecule has 1 aromatic heterocycles. The Labute approximate surface area is 210 Å². The van der Waals surface area contributed by atoms with Crippen LogP contribution in [0.25, 0.3) is 5.70 Å². The summed E-state index contributed by atoms with van der Waals surface area (Å²) in [4.78, 5) is 32.1. The zero-order valence-electron chi connectivity index (χ0n) is 18.8. The molecule has 0 radical (unpaired) electrons. The summed E-state index contributed by atoms with van der Waals surface area (Å²) in [5.41, 5.74) is 3.30. The molecule has 2 aliphatic heterocycles. The van der Waals surface area contributed by atoms with Gasteiger partial charge >= 0.3 is 0 Å². The van der Waals surface area contributed by atoms with E-state index < -0.39 is 17.6 Å². The Kier molecular flexibility index (Phi) is 6.50. The highest BCUT2D eigenvalue weighted by Crippen LogP contribution is 2.31. The quantitative estimate of drug-likeness (QED) is 0.419. The second-order valence-corrected chi connectivity index (χ2v) is 9.27. The monoisotopic (exact) mass is 535 g/mol. The van der Waals surface area contributed by atoms with E-state index in [1.165, 1.54) is 12.1 Å². The van der Waals surface area contributed by atoms with Gasteiger partial charge < -0.3 is 20.9 Å². The van der Waals surface area contributed by atoms with Crippen molar-refractivity contribution in [2.24, 2.45) is 0 Å². The Morgan fingerprint density at radius 1 is 1.00 bits per heavy atom. The number of benzene rings is 2. The molecule has 0 aliphatic carbocycles. The van der Waals surface area contributed by atoms with Gasteiger partial charge in [-0.2, -0.15) is 0 Å². The molecule has 3 aromatic rings. The van der Waals surface area contributed by atoms with E-state index in [4.69, 9.17) is 0 Å². The zero-order chi connectivity index (χ0) is 24.4. The molecule has 35 heavy (non-hydrogen) atoms. The van der Waals surface area contributed by atoms with Crippen molar-refractivity contribution in [3.05, 3.63) is 93.5 Å². The summed E-state index contributed by atoms with van der Waals surface area (Å²) in [5, 5.41) is 8.69. The Balaban J connectivity index is 1.35. The van der Waals surface area contributed by atoms with Crippen molar-refractivity contribution in [1.82, 2.24) is 15.2 Å². The van der Waals surface area contributed by atoms with Gasteiger partial charge in [0.25, 0.3) is 11.8 Å². The maximum atomic E-state index is 15.1. The SMILES string of the molecule is O=C(Nc1ccccc1C(=O)Nc1ccc(Br)cn1)c1ccc(C(=C2CCN2)N2CCC2)cc1F. The predicted molar refractivity (Wildman–Crippen MR) is 136 cm³/mol. The fourth-order valence-electron chi connectivity index (χ4n) is 4.00. The van der Waals surface area contributed by atoms with Gasteiger partial charge in [0.1, 0.15) is 11.6 Å². The number of hydrogen-bond donors (Lipinski definition) is 3. The molecule has 5 rings (SSSR count). The van der Waals surface area contributed by atoms with Crippen molar-refractivity contribution >= 4 is 44.9 Å². The van der Waals surface area contributed by atoms with Crippen LogP contribution < -0.4 is 16.0 Å². The molecular weight excluding hydrogens is 513 g/mol. The first kappa shape index (κ1) is 23.0. The normalized spacial score (nSPS) is 15.9. The summed E-state index contributed by atoms with van der Waals surface area (Å²) < 4.78 is 15.9. The van der Waals surface area contributed by atoms with Crippen LogP contribution >= 0.6 is 15.9 Å². The van der Waals surface area contributed by atoms with E-state index in [2.05, 4.69) is 41.8 Å². The number of aromatic nitrogens is 1. The number of carbonyl (C=O) groups is 2. The number of nitrogens with one attached hydrogen (secondary N) is 3. The van der Waals surface area contributed by atoms with Gasteiger partial charge in [0.05, 0.1) is 22.5 Å². The number of halogens is 2. The van der Waals surface area contributed by atoms with Crippen molar-refractivity contribution in [3.8, 4) is 0 Å². The van der Waals surface area contributed by atoms with Crippen LogP contribution in [-0.4, -0.2) is 41.3 Å². The predicted octanol–water partition coefficient (Wildman–Crippen LogP) is 4.86. The van der Waals surface area contributed by atoms with Gasteiger partial charge in [-0.25, -0.2) is 9.37 Å². The summed E-state index contributed by atoms with van der Waals surface area (Å²) in [6.45, 7) is 2.80. The Morgan fingerprint density at radius 2 is 1.77 bits per heavy atom. The summed E-state index contributed by atoms with van der Waals surface area (Å²) in [7, 11) is 0. The van der Waals surface area contributed by atoms with Gasteiger partial charge in [-0.15, -0.1) is 0 Å². The van der Waals surface area contributed by atoms with E-state index in [0.717, 1.165) is 53.9 Å². The zero-order valence-corrected chi connectivity index (χ0v) is 20.4. The molecule has 2 aliphatic rings. The molecule has 2 fully saturated rings. The highest BCUT2D eigenvalue weighted by Gasteiger charge is 2.26. The van der Waals surface area contributed by atoms with Crippen LogP contribution in [0, 0.1) is 5.82 Å². The third-order valence-corrected chi connectivity index (χ3v) is 6.52. The Morgan fingerprint density at radius 3 is 2.40 bits per heavy atom. The van der Waals surface area contributed by atoms with Crippen molar-refractivity contribution in [2.75, 3.05) is 30.3 Å². The Bertz CT molecular complexity index is 1320. The van der Waals surface area contributed by atoms with Crippen molar-refractivity contribution in [3.63, 3.8) is 0 Å². The standard InChI is InChI=1S/C26H23BrFN5O2/c27-17-7-9-23(30-15-17)32-26(35)19-4-1-2-5-21(19)31-25(34)18-8-6-16(14-20(18)28)24(22-10-11-29-22)33-12-3-13-33/h1-2,4-9,14-15,29H,3,10-13H2,(H,31,34)(H,30,32,35). The number of nitrogens with zero attached hydrogens (tertiary/aromatic N) is 2. The molecule has 178 valence electrons. The molecular formula is C26H23BrFN5O2. The minimum absolute atomic E-state index is 0.0898. The first-order valence-corrected chi connectivity index (χ1v) is 12.1. The lowest BCUT2D eigenvalue weighted by molar-refractivity contribution is 0.102.